The summed E-state index contributed by atoms with van der Waals surface area (Å²) in [5, 5.41) is 9.27. The summed E-state index contributed by atoms with van der Waals surface area (Å²) in [6.07, 6.45) is 0.781. The van der Waals surface area contributed by atoms with Gasteiger partial charge in [0.25, 0.3) is 5.91 Å². The molecular weight excluding hydrogens is 250 g/mol. The molecule has 2 heterocycles. The minimum atomic E-state index is -0.111. The molecule has 0 spiro atoms. The molecule has 0 unspecified atom stereocenters. The average Bonchev–Trinajstić information content (AvgIpc) is 2.84. The van der Waals surface area contributed by atoms with E-state index in [1.54, 1.807) is 30.3 Å². The number of nitrogens with zero attached hydrogens (tertiary/aromatic N) is 3. The van der Waals surface area contributed by atoms with E-state index in [1.807, 2.05) is 16.8 Å². The number of carbonyl (C=O) groups excluding carboxylic acids is 2. The van der Waals surface area contributed by atoms with Gasteiger partial charge in [0.15, 0.2) is 0 Å². The molecule has 1 aliphatic heterocycles. The third-order valence-corrected chi connectivity index (χ3v) is 3.53. The van der Waals surface area contributed by atoms with E-state index in [0.717, 1.165) is 5.56 Å². The molecule has 1 aromatic rings. The van der Waals surface area contributed by atoms with Crippen molar-refractivity contribution in [1.82, 2.24) is 9.91 Å². The lowest BCUT2D eigenvalue weighted by molar-refractivity contribution is -0.130. The van der Waals surface area contributed by atoms with E-state index in [-0.39, 0.29) is 11.8 Å². The SMILES string of the molecule is CN(Cc1ccsc1)C(=O)C1=NN(C)C(=O)CC1. The molecule has 0 atom stereocenters. The van der Waals surface area contributed by atoms with E-state index in [9.17, 15) is 9.59 Å². The summed E-state index contributed by atoms with van der Waals surface area (Å²) in [4.78, 5) is 25.1. The first kappa shape index (κ1) is 12.8. The standard InChI is InChI=1S/C12H15N3O2S/c1-14(7-9-5-6-18-8-9)12(17)10-3-4-11(16)15(2)13-10/h5-6,8H,3-4,7H2,1-2H3. The smallest absolute Gasteiger partial charge is 0.270 e. The van der Waals surface area contributed by atoms with Crippen molar-refractivity contribution in [1.29, 1.82) is 0 Å². The van der Waals surface area contributed by atoms with Crippen LogP contribution in [0, 0.1) is 0 Å². The van der Waals surface area contributed by atoms with Crippen LogP contribution in [-0.2, 0) is 16.1 Å². The second kappa shape index (κ2) is 5.30. The average molecular weight is 265 g/mol. The summed E-state index contributed by atoms with van der Waals surface area (Å²) in [6, 6.07) is 1.99. The minimum absolute atomic E-state index is 0.0490. The zero-order valence-corrected chi connectivity index (χ0v) is 11.2. The predicted molar refractivity (Wildman–Crippen MR) is 70.2 cm³/mol. The van der Waals surface area contributed by atoms with Gasteiger partial charge in [-0.2, -0.15) is 16.4 Å². The highest BCUT2D eigenvalue weighted by Crippen LogP contribution is 2.12. The first-order valence-corrected chi connectivity index (χ1v) is 6.63. The molecular formula is C12H15N3O2S. The Balaban J connectivity index is 2.03. The van der Waals surface area contributed by atoms with Crippen LogP contribution in [0.25, 0.3) is 0 Å². The van der Waals surface area contributed by atoms with Crippen LogP contribution in [0.2, 0.25) is 0 Å². The Hall–Kier alpha value is -1.69. The molecule has 2 amide bonds. The zero-order chi connectivity index (χ0) is 13.1. The van der Waals surface area contributed by atoms with Crippen molar-refractivity contribution in [3.8, 4) is 0 Å². The van der Waals surface area contributed by atoms with E-state index in [1.165, 1.54) is 5.01 Å². The zero-order valence-electron chi connectivity index (χ0n) is 10.4. The number of thiophene rings is 1. The monoisotopic (exact) mass is 265 g/mol. The molecule has 0 saturated carbocycles. The van der Waals surface area contributed by atoms with Crippen LogP contribution in [0.3, 0.4) is 0 Å². The second-order valence-corrected chi connectivity index (χ2v) is 5.04. The Morgan fingerprint density at radius 3 is 2.94 bits per heavy atom. The van der Waals surface area contributed by atoms with Crippen molar-refractivity contribution in [2.45, 2.75) is 19.4 Å². The molecule has 18 heavy (non-hydrogen) atoms. The topological polar surface area (TPSA) is 53.0 Å². The maximum absolute atomic E-state index is 12.1. The fraction of sp³-hybridized carbons (Fsp3) is 0.417. The molecule has 0 aliphatic carbocycles. The van der Waals surface area contributed by atoms with Crippen molar-refractivity contribution >= 4 is 28.9 Å². The summed E-state index contributed by atoms with van der Waals surface area (Å²) in [7, 11) is 3.33. The number of hydrazone groups is 1. The number of carbonyl (C=O) groups is 2. The molecule has 96 valence electrons. The Kier molecular flexibility index (Phi) is 3.76. The highest BCUT2D eigenvalue weighted by molar-refractivity contribution is 7.07. The number of amides is 2. The molecule has 1 aromatic heterocycles. The van der Waals surface area contributed by atoms with Gasteiger partial charge in [0.05, 0.1) is 0 Å². The van der Waals surface area contributed by atoms with Crippen LogP contribution in [0.5, 0.6) is 0 Å². The molecule has 0 saturated heterocycles. The van der Waals surface area contributed by atoms with Gasteiger partial charge in [-0.1, -0.05) is 0 Å². The third kappa shape index (κ3) is 2.76. The quantitative estimate of drug-likeness (QED) is 0.827. The summed E-state index contributed by atoms with van der Waals surface area (Å²) in [6.45, 7) is 0.568. The maximum Gasteiger partial charge on any atom is 0.270 e. The molecule has 0 radical (unpaired) electrons. The van der Waals surface area contributed by atoms with Gasteiger partial charge in [0, 0.05) is 33.5 Å². The van der Waals surface area contributed by atoms with Crippen molar-refractivity contribution in [2.75, 3.05) is 14.1 Å². The molecule has 1 aliphatic rings. The number of hydrogen-bond donors (Lipinski definition) is 0. The lowest BCUT2D eigenvalue weighted by Crippen LogP contribution is -2.38. The summed E-state index contributed by atoms with van der Waals surface area (Å²) >= 11 is 1.61. The van der Waals surface area contributed by atoms with Gasteiger partial charge in [-0.15, -0.1) is 0 Å². The van der Waals surface area contributed by atoms with Crippen LogP contribution in [0.1, 0.15) is 18.4 Å². The molecule has 0 fully saturated rings. The fourth-order valence-electron chi connectivity index (χ4n) is 1.77. The molecule has 5 nitrogen and oxygen atoms in total. The third-order valence-electron chi connectivity index (χ3n) is 2.80. The van der Waals surface area contributed by atoms with Gasteiger partial charge in [0.1, 0.15) is 5.71 Å². The summed E-state index contributed by atoms with van der Waals surface area (Å²) < 4.78 is 0. The Bertz CT molecular complexity index is 482. The Labute approximate surface area is 110 Å². The normalized spacial score (nSPS) is 15.6. The van der Waals surface area contributed by atoms with E-state index in [4.69, 9.17) is 0 Å². The van der Waals surface area contributed by atoms with Crippen molar-refractivity contribution < 1.29 is 9.59 Å². The first-order valence-electron chi connectivity index (χ1n) is 5.68. The van der Waals surface area contributed by atoms with Crippen LogP contribution in [0.4, 0.5) is 0 Å². The van der Waals surface area contributed by atoms with E-state index in [0.29, 0.717) is 25.1 Å². The van der Waals surface area contributed by atoms with E-state index in [2.05, 4.69) is 5.10 Å². The number of rotatable bonds is 3. The van der Waals surface area contributed by atoms with Crippen LogP contribution >= 0.6 is 11.3 Å². The highest BCUT2D eigenvalue weighted by Gasteiger charge is 2.24. The van der Waals surface area contributed by atoms with Gasteiger partial charge in [-0.25, -0.2) is 5.01 Å². The minimum Gasteiger partial charge on any atom is -0.336 e. The Morgan fingerprint density at radius 2 is 2.33 bits per heavy atom. The summed E-state index contributed by atoms with van der Waals surface area (Å²) in [5.41, 5.74) is 1.56. The van der Waals surface area contributed by atoms with Crippen molar-refractivity contribution in [3.63, 3.8) is 0 Å². The lowest BCUT2D eigenvalue weighted by atomic mass is 10.1. The van der Waals surface area contributed by atoms with Crippen molar-refractivity contribution in [2.24, 2.45) is 5.10 Å². The molecule has 0 bridgehead atoms. The van der Waals surface area contributed by atoms with Gasteiger partial charge in [-0.05, 0) is 22.4 Å². The first-order chi connectivity index (χ1) is 8.58. The van der Waals surface area contributed by atoms with Gasteiger partial charge in [0.2, 0.25) is 5.91 Å². The van der Waals surface area contributed by atoms with Crippen LogP contribution in [0.15, 0.2) is 21.9 Å². The maximum atomic E-state index is 12.1. The van der Waals surface area contributed by atoms with Gasteiger partial charge in [-0.3, -0.25) is 9.59 Å². The highest BCUT2D eigenvalue weighted by atomic mass is 32.1. The van der Waals surface area contributed by atoms with Crippen LogP contribution in [-0.4, -0.2) is 41.5 Å². The summed E-state index contributed by atoms with van der Waals surface area (Å²) in [5.74, 6) is -0.160. The largest absolute Gasteiger partial charge is 0.336 e. The van der Waals surface area contributed by atoms with E-state index >= 15 is 0 Å². The molecule has 6 heteroatoms. The second-order valence-electron chi connectivity index (χ2n) is 4.26. The Morgan fingerprint density at radius 1 is 1.56 bits per heavy atom. The predicted octanol–water partition coefficient (Wildman–Crippen LogP) is 1.31. The van der Waals surface area contributed by atoms with Crippen molar-refractivity contribution in [3.05, 3.63) is 22.4 Å². The van der Waals surface area contributed by atoms with Gasteiger partial charge < -0.3 is 4.90 Å². The van der Waals surface area contributed by atoms with Crippen LogP contribution < -0.4 is 0 Å². The van der Waals surface area contributed by atoms with Gasteiger partial charge >= 0.3 is 0 Å². The molecule has 0 aromatic carbocycles. The fourth-order valence-corrected chi connectivity index (χ4v) is 2.43. The number of hydrogen-bond acceptors (Lipinski definition) is 4. The lowest BCUT2D eigenvalue weighted by Gasteiger charge is -2.22. The molecule has 2 rings (SSSR count). The molecule has 0 N–H and O–H groups in total. The van der Waals surface area contributed by atoms with E-state index < -0.39 is 0 Å².